The zero-order valence-electron chi connectivity index (χ0n) is 12.8. The van der Waals surface area contributed by atoms with Crippen molar-refractivity contribution in [1.29, 1.82) is 0 Å². The van der Waals surface area contributed by atoms with E-state index in [1.54, 1.807) is 24.3 Å². The van der Waals surface area contributed by atoms with Crippen molar-refractivity contribution in [2.75, 3.05) is 20.7 Å². The van der Waals surface area contributed by atoms with E-state index in [1.165, 1.54) is 7.11 Å². The molecule has 21 heavy (non-hydrogen) atoms. The molecule has 2 rings (SSSR count). The first-order valence-corrected chi connectivity index (χ1v) is 7.22. The lowest BCUT2D eigenvalue weighted by Crippen LogP contribution is -2.52. The highest BCUT2D eigenvalue weighted by Crippen LogP contribution is 2.16. The Morgan fingerprint density at radius 3 is 2.48 bits per heavy atom. The summed E-state index contributed by atoms with van der Waals surface area (Å²) in [6.45, 7) is 3.20. The molecule has 1 heterocycles. The number of hydrogen-bond acceptors (Lipinski definition) is 4. The van der Waals surface area contributed by atoms with Gasteiger partial charge in [-0.2, -0.15) is 0 Å². The highest BCUT2D eigenvalue weighted by Gasteiger charge is 2.26. The highest BCUT2D eigenvalue weighted by atomic mass is 16.5. The topological polar surface area (TPSA) is 58.6 Å². The molecule has 5 nitrogen and oxygen atoms in total. The van der Waals surface area contributed by atoms with Crippen molar-refractivity contribution in [3.8, 4) is 0 Å². The van der Waals surface area contributed by atoms with E-state index in [9.17, 15) is 9.59 Å². The van der Waals surface area contributed by atoms with Gasteiger partial charge in [0.25, 0.3) is 5.91 Å². The molecule has 114 valence electrons. The molecular formula is C16H22N2O3. The Bertz CT molecular complexity index is 513. The molecule has 0 saturated carbocycles. The molecule has 0 aromatic heterocycles. The maximum atomic E-state index is 12.3. The number of methoxy groups -OCH3 is 1. The first-order valence-electron chi connectivity index (χ1n) is 7.22. The SMILES string of the molecule is COC(=O)c1ccc(C(=O)N[C@H]2CCCN(C)[C@@H]2C)cc1. The third-order valence-corrected chi connectivity index (χ3v) is 4.19. The van der Waals surface area contributed by atoms with E-state index in [0.29, 0.717) is 17.2 Å². The van der Waals surface area contributed by atoms with Crippen molar-refractivity contribution >= 4 is 11.9 Å². The van der Waals surface area contributed by atoms with Crippen molar-refractivity contribution < 1.29 is 14.3 Å². The minimum absolute atomic E-state index is 0.0986. The van der Waals surface area contributed by atoms with Crippen LogP contribution in [0.5, 0.6) is 0 Å². The molecule has 1 aromatic carbocycles. The first kappa shape index (κ1) is 15.5. The lowest BCUT2D eigenvalue weighted by atomic mass is 9.97. The number of nitrogens with one attached hydrogen (secondary N) is 1. The van der Waals surface area contributed by atoms with Crippen molar-refractivity contribution in [2.24, 2.45) is 0 Å². The van der Waals surface area contributed by atoms with Gasteiger partial charge in [-0.15, -0.1) is 0 Å². The van der Waals surface area contributed by atoms with Gasteiger partial charge in [0.1, 0.15) is 0 Å². The van der Waals surface area contributed by atoms with Gasteiger partial charge in [0.05, 0.1) is 12.7 Å². The van der Waals surface area contributed by atoms with Crippen LogP contribution in [0.3, 0.4) is 0 Å². The summed E-state index contributed by atoms with van der Waals surface area (Å²) < 4.78 is 4.64. The summed E-state index contributed by atoms with van der Waals surface area (Å²) in [4.78, 5) is 25.9. The number of rotatable bonds is 3. The number of amides is 1. The second kappa shape index (κ2) is 6.72. The molecule has 1 aliphatic rings. The fourth-order valence-electron chi connectivity index (χ4n) is 2.63. The zero-order chi connectivity index (χ0) is 15.4. The van der Waals surface area contributed by atoms with Gasteiger partial charge in [0, 0.05) is 17.6 Å². The molecule has 0 bridgehead atoms. The maximum absolute atomic E-state index is 12.3. The van der Waals surface area contributed by atoms with Gasteiger partial charge < -0.3 is 15.0 Å². The van der Waals surface area contributed by atoms with Crippen molar-refractivity contribution in [2.45, 2.75) is 31.8 Å². The van der Waals surface area contributed by atoms with Crippen LogP contribution in [-0.2, 0) is 4.74 Å². The van der Waals surface area contributed by atoms with Gasteiger partial charge in [0.2, 0.25) is 0 Å². The summed E-state index contributed by atoms with van der Waals surface area (Å²) in [6.07, 6.45) is 2.09. The van der Waals surface area contributed by atoms with E-state index in [2.05, 4.69) is 28.9 Å². The molecule has 5 heteroatoms. The largest absolute Gasteiger partial charge is 0.465 e. The summed E-state index contributed by atoms with van der Waals surface area (Å²) in [5, 5.41) is 3.08. The van der Waals surface area contributed by atoms with E-state index < -0.39 is 5.97 Å². The predicted octanol–water partition coefficient (Wildman–Crippen LogP) is 1.69. The van der Waals surface area contributed by atoms with E-state index >= 15 is 0 Å². The Hall–Kier alpha value is -1.88. The quantitative estimate of drug-likeness (QED) is 0.861. The van der Waals surface area contributed by atoms with Crippen LogP contribution in [0.25, 0.3) is 0 Å². The second-order valence-corrected chi connectivity index (χ2v) is 5.51. The molecule has 0 radical (unpaired) electrons. The van der Waals surface area contributed by atoms with E-state index in [1.807, 2.05) is 0 Å². The molecule has 1 aliphatic heterocycles. The molecule has 2 atom stereocenters. The number of hydrogen-bond donors (Lipinski definition) is 1. The van der Waals surface area contributed by atoms with E-state index in [4.69, 9.17) is 0 Å². The molecule has 1 aromatic rings. The average molecular weight is 290 g/mol. The van der Waals surface area contributed by atoms with Crippen molar-refractivity contribution in [1.82, 2.24) is 10.2 Å². The Kier molecular flexibility index (Phi) is 4.96. The van der Waals surface area contributed by atoms with Crippen molar-refractivity contribution in [3.63, 3.8) is 0 Å². The number of piperidine rings is 1. The van der Waals surface area contributed by atoms with Crippen LogP contribution in [0.1, 0.15) is 40.5 Å². The van der Waals surface area contributed by atoms with Gasteiger partial charge in [0.15, 0.2) is 0 Å². The number of carbonyl (C=O) groups excluding carboxylic acids is 2. The van der Waals surface area contributed by atoms with E-state index in [-0.39, 0.29) is 11.9 Å². The molecule has 1 saturated heterocycles. The summed E-state index contributed by atoms with van der Waals surface area (Å²) in [5.41, 5.74) is 1.00. The number of nitrogens with zero attached hydrogens (tertiary/aromatic N) is 1. The van der Waals surface area contributed by atoms with Crippen LogP contribution in [-0.4, -0.2) is 49.6 Å². The standard InChI is InChI=1S/C16H22N2O3/c1-11-14(5-4-10-18(11)2)17-15(19)12-6-8-13(9-7-12)16(20)21-3/h6-9,11,14H,4-5,10H2,1-3H3,(H,17,19)/t11-,14+/m1/s1. The van der Waals surface area contributed by atoms with Crippen LogP contribution < -0.4 is 5.32 Å². The summed E-state index contributed by atoms with van der Waals surface area (Å²) >= 11 is 0. The molecule has 1 fully saturated rings. The Balaban J connectivity index is 2.01. The first-order chi connectivity index (χ1) is 10.0. The number of likely N-dealkylation sites (N-methyl/N-ethyl adjacent to an activating group) is 1. The monoisotopic (exact) mass is 290 g/mol. The smallest absolute Gasteiger partial charge is 0.337 e. The number of benzene rings is 1. The molecular weight excluding hydrogens is 268 g/mol. The number of likely N-dealkylation sites (tertiary alicyclic amines) is 1. The van der Waals surface area contributed by atoms with Gasteiger partial charge >= 0.3 is 5.97 Å². The Labute approximate surface area is 125 Å². The lowest BCUT2D eigenvalue weighted by Gasteiger charge is -2.37. The second-order valence-electron chi connectivity index (χ2n) is 5.51. The number of ether oxygens (including phenoxy) is 1. The molecule has 0 aliphatic carbocycles. The van der Waals surface area contributed by atoms with Crippen LogP contribution in [0, 0.1) is 0 Å². The van der Waals surface area contributed by atoms with Crippen LogP contribution in [0.4, 0.5) is 0 Å². The summed E-state index contributed by atoms with van der Waals surface area (Å²) in [5.74, 6) is -0.497. The molecule has 0 spiro atoms. The molecule has 1 amide bonds. The molecule has 0 unspecified atom stereocenters. The normalized spacial score (nSPS) is 22.6. The fraction of sp³-hybridized carbons (Fsp3) is 0.500. The summed E-state index contributed by atoms with van der Waals surface area (Å²) in [6, 6.07) is 7.01. The van der Waals surface area contributed by atoms with Gasteiger partial charge in [-0.25, -0.2) is 4.79 Å². The number of esters is 1. The number of carbonyl (C=O) groups is 2. The van der Waals surface area contributed by atoms with E-state index in [0.717, 1.165) is 19.4 Å². The van der Waals surface area contributed by atoms with Crippen LogP contribution in [0.15, 0.2) is 24.3 Å². The highest BCUT2D eigenvalue weighted by molar-refractivity contribution is 5.96. The third kappa shape index (κ3) is 3.61. The Morgan fingerprint density at radius 2 is 1.86 bits per heavy atom. The zero-order valence-corrected chi connectivity index (χ0v) is 12.8. The van der Waals surface area contributed by atoms with Crippen LogP contribution in [0.2, 0.25) is 0 Å². The predicted molar refractivity (Wildman–Crippen MR) is 80.4 cm³/mol. The van der Waals surface area contributed by atoms with Crippen molar-refractivity contribution in [3.05, 3.63) is 35.4 Å². The molecule has 1 N–H and O–H groups in total. The van der Waals surface area contributed by atoms with Gasteiger partial charge in [-0.1, -0.05) is 0 Å². The van der Waals surface area contributed by atoms with Gasteiger partial charge in [-0.3, -0.25) is 4.79 Å². The minimum Gasteiger partial charge on any atom is -0.465 e. The fourth-order valence-corrected chi connectivity index (χ4v) is 2.63. The lowest BCUT2D eigenvalue weighted by molar-refractivity contribution is 0.0600. The third-order valence-electron chi connectivity index (χ3n) is 4.19. The van der Waals surface area contributed by atoms with Crippen LogP contribution >= 0.6 is 0 Å². The average Bonchev–Trinajstić information content (AvgIpc) is 2.51. The summed E-state index contributed by atoms with van der Waals surface area (Å²) in [7, 11) is 3.41. The minimum atomic E-state index is -0.399. The van der Waals surface area contributed by atoms with Gasteiger partial charge in [-0.05, 0) is 57.6 Å². The maximum Gasteiger partial charge on any atom is 0.337 e. The Morgan fingerprint density at radius 1 is 1.24 bits per heavy atom.